The molecule has 0 aliphatic rings. The Bertz CT molecular complexity index is 1470. The number of nitrogens with one attached hydrogen (secondary N) is 1. The highest BCUT2D eigenvalue weighted by Gasteiger charge is 2.21. The molecule has 0 unspecified atom stereocenters. The first kappa shape index (κ1) is 30.0. The van der Waals surface area contributed by atoms with Crippen molar-refractivity contribution in [3.63, 3.8) is 0 Å². The number of hydrogen-bond donors (Lipinski definition) is 1. The molecule has 8 heteroatoms. The van der Waals surface area contributed by atoms with Crippen LogP contribution in [0.3, 0.4) is 0 Å². The van der Waals surface area contributed by atoms with Gasteiger partial charge in [0, 0.05) is 18.2 Å². The Morgan fingerprint density at radius 2 is 1.33 bits per heavy atom. The molecule has 218 valence electrons. The summed E-state index contributed by atoms with van der Waals surface area (Å²) in [5.74, 6) is 1.54. The molecule has 0 aliphatic heterocycles. The van der Waals surface area contributed by atoms with Crippen molar-refractivity contribution in [1.82, 2.24) is 0 Å². The van der Waals surface area contributed by atoms with Gasteiger partial charge in [-0.2, -0.15) is 0 Å². The van der Waals surface area contributed by atoms with E-state index in [1.54, 1.807) is 26.2 Å². The van der Waals surface area contributed by atoms with Crippen LogP contribution in [0.15, 0.2) is 91.0 Å². The molecule has 0 heterocycles. The lowest BCUT2D eigenvalue weighted by atomic mass is 10.0. The Balaban J connectivity index is 1.60. The fourth-order valence-electron chi connectivity index (χ4n) is 4.34. The van der Waals surface area contributed by atoms with Gasteiger partial charge in [-0.25, -0.2) is 4.79 Å². The van der Waals surface area contributed by atoms with Crippen molar-refractivity contribution in [2.75, 3.05) is 19.0 Å². The first-order chi connectivity index (χ1) is 20.5. The van der Waals surface area contributed by atoms with Crippen LogP contribution in [0.1, 0.15) is 36.1 Å². The van der Waals surface area contributed by atoms with Crippen LogP contribution >= 0.6 is 0 Å². The summed E-state index contributed by atoms with van der Waals surface area (Å²) in [6.45, 7) is 3.96. The lowest BCUT2D eigenvalue weighted by molar-refractivity contribution is -0.114. The topological polar surface area (TPSA) is 92.3 Å². The van der Waals surface area contributed by atoms with Crippen LogP contribution in [0.2, 0.25) is 0 Å². The van der Waals surface area contributed by atoms with Crippen molar-refractivity contribution in [2.45, 2.75) is 39.9 Å². The van der Waals surface area contributed by atoms with E-state index in [4.69, 9.17) is 23.7 Å². The zero-order valence-corrected chi connectivity index (χ0v) is 24.1. The maximum Gasteiger partial charge on any atom is 0.513 e. The van der Waals surface area contributed by atoms with E-state index in [0.29, 0.717) is 47.9 Å². The Morgan fingerprint density at radius 3 is 1.93 bits per heavy atom. The van der Waals surface area contributed by atoms with Crippen molar-refractivity contribution < 1.29 is 33.3 Å². The highest BCUT2D eigenvalue weighted by Crippen LogP contribution is 2.39. The van der Waals surface area contributed by atoms with Gasteiger partial charge in [0.2, 0.25) is 5.91 Å². The highest BCUT2D eigenvalue weighted by molar-refractivity contribution is 5.90. The highest BCUT2D eigenvalue weighted by atomic mass is 16.7. The maximum absolute atomic E-state index is 12.5. The summed E-state index contributed by atoms with van der Waals surface area (Å²) in [7, 11) is 1.60. The van der Waals surface area contributed by atoms with E-state index < -0.39 is 6.16 Å². The molecule has 1 N–H and O–H groups in total. The molecule has 0 spiro atoms. The first-order valence-corrected chi connectivity index (χ1v) is 13.7. The van der Waals surface area contributed by atoms with E-state index in [1.807, 2.05) is 78.9 Å². The number of anilines is 1. The fourth-order valence-corrected chi connectivity index (χ4v) is 4.34. The van der Waals surface area contributed by atoms with Crippen LogP contribution in [-0.2, 0) is 35.6 Å². The summed E-state index contributed by atoms with van der Waals surface area (Å²) in [5, 5.41) is 2.85. The number of carbonyl (C=O) groups is 2. The predicted octanol–water partition coefficient (Wildman–Crippen LogP) is 7.13. The predicted molar refractivity (Wildman–Crippen MR) is 160 cm³/mol. The Morgan fingerprint density at radius 1 is 0.714 bits per heavy atom. The molecule has 0 atom stereocenters. The third-order valence-corrected chi connectivity index (χ3v) is 6.35. The van der Waals surface area contributed by atoms with Gasteiger partial charge in [-0.3, -0.25) is 4.79 Å². The lowest BCUT2D eigenvalue weighted by Gasteiger charge is -2.19. The molecule has 4 aromatic rings. The zero-order valence-electron chi connectivity index (χ0n) is 24.1. The van der Waals surface area contributed by atoms with E-state index in [0.717, 1.165) is 16.7 Å². The first-order valence-electron chi connectivity index (χ1n) is 13.7. The number of aryl methyl sites for hydroxylation is 1. The minimum Gasteiger partial charge on any atom is -0.493 e. The van der Waals surface area contributed by atoms with Crippen molar-refractivity contribution in [3.05, 3.63) is 113 Å². The number of methoxy groups -OCH3 is 1. The molecule has 1 amide bonds. The maximum atomic E-state index is 12.5. The number of hydrogen-bond acceptors (Lipinski definition) is 7. The van der Waals surface area contributed by atoms with Crippen molar-refractivity contribution >= 4 is 17.7 Å². The van der Waals surface area contributed by atoms with E-state index in [9.17, 15) is 9.59 Å². The number of amides is 1. The van der Waals surface area contributed by atoms with E-state index in [-0.39, 0.29) is 24.9 Å². The van der Waals surface area contributed by atoms with Gasteiger partial charge in [-0.15, -0.1) is 0 Å². The third kappa shape index (κ3) is 8.51. The summed E-state index contributed by atoms with van der Waals surface area (Å²) in [6, 6.07) is 28.7. The van der Waals surface area contributed by atoms with E-state index in [2.05, 4.69) is 5.32 Å². The second kappa shape index (κ2) is 15.1. The number of rotatable bonds is 13. The van der Waals surface area contributed by atoms with E-state index in [1.165, 1.54) is 6.92 Å². The summed E-state index contributed by atoms with van der Waals surface area (Å²) < 4.78 is 28.4. The second-order valence-electron chi connectivity index (χ2n) is 9.42. The molecule has 0 aliphatic carbocycles. The summed E-state index contributed by atoms with van der Waals surface area (Å²) in [6.07, 6.45) is 0.105. The summed E-state index contributed by atoms with van der Waals surface area (Å²) in [4.78, 5) is 24.5. The molecule has 0 aromatic heterocycles. The smallest absolute Gasteiger partial charge is 0.493 e. The molecular weight excluding hydrogens is 534 g/mol. The lowest BCUT2D eigenvalue weighted by Crippen LogP contribution is -2.15. The van der Waals surface area contributed by atoms with E-state index >= 15 is 0 Å². The van der Waals surface area contributed by atoms with Crippen LogP contribution in [0, 0.1) is 0 Å². The van der Waals surface area contributed by atoms with Gasteiger partial charge in [-0.05, 0) is 60.7 Å². The number of ether oxygens (including phenoxy) is 5. The molecule has 0 radical (unpaired) electrons. The van der Waals surface area contributed by atoms with Crippen molar-refractivity contribution in [2.24, 2.45) is 0 Å². The molecule has 8 nitrogen and oxygen atoms in total. The van der Waals surface area contributed by atoms with Crippen LogP contribution in [-0.4, -0.2) is 25.8 Å². The van der Waals surface area contributed by atoms with Gasteiger partial charge in [0.25, 0.3) is 0 Å². The average molecular weight is 570 g/mol. The molecule has 0 fully saturated rings. The van der Waals surface area contributed by atoms with Crippen LogP contribution in [0.25, 0.3) is 0 Å². The molecule has 42 heavy (non-hydrogen) atoms. The summed E-state index contributed by atoms with van der Waals surface area (Å²) in [5.41, 5.74) is 4.09. The molecule has 4 rings (SSSR count). The average Bonchev–Trinajstić information content (AvgIpc) is 3.00. The van der Waals surface area contributed by atoms with Gasteiger partial charge in [-0.1, -0.05) is 66.7 Å². The molecule has 0 bridgehead atoms. The van der Waals surface area contributed by atoms with Gasteiger partial charge in [0.15, 0.2) is 23.0 Å². The largest absolute Gasteiger partial charge is 0.513 e. The Kier molecular flexibility index (Phi) is 10.8. The minimum atomic E-state index is -0.857. The second-order valence-corrected chi connectivity index (χ2v) is 9.42. The quantitative estimate of drug-likeness (QED) is 0.135. The van der Waals surface area contributed by atoms with Crippen LogP contribution < -0.4 is 24.3 Å². The molecule has 0 saturated heterocycles. The van der Waals surface area contributed by atoms with Crippen LogP contribution in [0.5, 0.6) is 23.0 Å². The normalized spacial score (nSPS) is 10.5. The van der Waals surface area contributed by atoms with Gasteiger partial charge >= 0.3 is 6.16 Å². The number of carbonyl (C=O) groups excluding carboxylic acids is 2. The standard InChI is InChI=1S/C34H35NO7/c1-4-39-34(37)42-33-28(29(35-24(2)36)18-20-31(33)41-23-27-13-9-6-10-14-27)17-15-25-16-19-30(32(21-25)38-3)40-22-26-11-7-5-8-12-26/h5-14,16,18-21H,4,15,17,22-23H2,1-3H3,(H,35,36). The fraction of sp³-hybridized carbons (Fsp3) is 0.235. The summed E-state index contributed by atoms with van der Waals surface area (Å²) >= 11 is 0. The van der Waals surface area contributed by atoms with Gasteiger partial charge in [0.05, 0.1) is 13.7 Å². The Hall–Kier alpha value is -4.98. The monoisotopic (exact) mass is 569 g/mol. The minimum absolute atomic E-state index is 0.151. The molecule has 4 aromatic carbocycles. The number of benzene rings is 4. The van der Waals surface area contributed by atoms with Crippen LogP contribution in [0.4, 0.5) is 10.5 Å². The van der Waals surface area contributed by atoms with Crippen molar-refractivity contribution in [1.29, 1.82) is 0 Å². The molecular formula is C34H35NO7. The third-order valence-electron chi connectivity index (χ3n) is 6.35. The van der Waals surface area contributed by atoms with Gasteiger partial charge in [0.1, 0.15) is 13.2 Å². The van der Waals surface area contributed by atoms with Gasteiger partial charge < -0.3 is 29.0 Å². The SMILES string of the molecule is CCOC(=O)Oc1c(OCc2ccccc2)ccc(NC(C)=O)c1CCc1ccc(OCc2ccccc2)c(OC)c1. The zero-order chi connectivity index (χ0) is 29.7. The molecule has 0 saturated carbocycles. The Labute approximate surface area is 246 Å². The van der Waals surface area contributed by atoms with Crippen molar-refractivity contribution in [3.8, 4) is 23.0 Å².